The van der Waals surface area contributed by atoms with Crippen molar-refractivity contribution in [1.29, 1.82) is 0 Å². The molecule has 2 fully saturated rings. The second-order valence-corrected chi connectivity index (χ2v) is 7.76. The number of carbonyl (C=O) groups excluding carboxylic acids is 1. The minimum absolute atomic E-state index is 0.0607. The van der Waals surface area contributed by atoms with Crippen molar-refractivity contribution in [3.05, 3.63) is 65.4 Å². The van der Waals surface area contributed by atoms with Gasteiger partial charge in [-0.15, -0.1) is 0 Å². The minimum atomic E-state index is 0.0607. The molecule has 0 bridgehead atoms. The van der Waals surface area contributed by atoms with Gasteiger partial charge in [0.2, 0.25) is 0 Å². The molecular formula is C22H23N3O. The van der Waals surface area contributed by atoms with Gasteiger partial charge in [0.15, 0.2) is 5.78 Å². The third-order valence-corrected chi connectivity index (χ3v) is 5.66. The average molecular weight is 345 g/mol. The SMILES string of the molecule is O=C(Cc1ccc(C2CC2NCC2CC2)cc1)c1n[nH]c2ccccc12. The number of H-pyrrole nitrogens is 1. The summed E-state index contributed by atoms with van der Waals surface area (Å²) in [6, 6.07) is 17.0. The topological polar surface area (TPSA) is 57.8 Å². The first-order chi connectivity index (χ1) is 12.8. The molecule has 4 nitrogen and oxygen atoms in total. The molecule has 2 atom stereocenters. The number of fused-ring (bicyclic) bond motifs is 1. The second kappa shape index (κ2) is 6.36. The summed E-state index contributed by atoms with van der Waals surface area (Å²) in [5.74, 6) is 1.64. The Hall–Kier alpha value is -2.46. The number of ketones is 1. The summed E-state index contributed by atoms with van der Waals surface area (Å²) >= 11 is 0. The van der Waals surface area contributed by atoms with Gasteiger partial charge in [0.05, 0.1) is 5.52 Å². The van der Waals surface area contributed by atoms with Crippen LogP contribution in [0, 0.1) is 5.92 Å². The summed E-state index contributed by atoms with van der Waals surface area (Å²) in [4.78, 5) is 12.6. The number of Topliss-reactive ketones (excluding diaryl/α,β-unsaturated/α-hetero) is 1. The van der Waals surface area contributed by atoms with Gasteiger partial charge in [-0.1, -0.05) is 42.5 Å². The average Bonchev–Trinajstić information content (AvgIpc) is 3.58. The van der Waals surface area contributed by atoms with Crippen molar-refractivity contribution in [1.82, 2.24) is 15.5 Å². The lowest BCUT2D eigenvalue weighted by Crippen LogP contribution is -2.20. The highest BCUT2D eigenvalue weighted by Crippen LogP contribution is 2.41. The van der Waals surface area contributed by atoms with Crippen molar-refractivity contribution in [3.8, 4) is 0 Å². The van der Waals surface area contributed by atoms with Crippen molar-refractivity contribution >= 4 is 16.7 Å². The van der Waals surface area contributed by atoms with Crippen LogP contribution in [0.4, 0.5) is 0 Å². The third-order valence-electron chi connectivity index (χ3n) is 5.66. The molecular weight excluding hydrogens is 322 g/mol. The predicted molar refractivity (Wildman–Crippen MR) is 102 cm³/mol. The van der Waals surface area contributed by atoms with E-state index in [4.69, 9.17) is 0 Å². The Morgan fingerprint density at radius 1 is 1.12 bits per heavy atom. The molecule has 4 heteroatoms. The molecule has 26 heavy (non-hydrogen) atoms. The summed E-state index contributed by atoms with van der Waals surface area (Å²) < 4.78 is 0. The normalized spacial score (nSPS) is 21.8. The van der Waals surface area contributed by atoms with Crippen LogP contribution in [-0.4, -0.2) is 28.6 Å². The maximum atomic E-state index is 12.6. The molecule has 132 valence electrons. The first-order valence-corrected chi connectivity index (χ1v) is 9.56. The van der Waals surface area contributed by atoms with E-state index in [1.165, 1.54) is 31.4 Å². The van der Waals surface area contributed by atoms with Crippen LogP contribution in [-0.2, 0) is 6.42 Å². The predicted octanol–water partition coefficient (Wildman–Crippen LogP) is 3.84. The number of para-hydroxylation sites is 1. The quantitative estimate of drug-likeness (QED) is 0.640. The smallest absolute Gasteiger partial charge is 0.188 e. The molecule has 0 saturated heterocycles. The lowest BCUT2D eigenvalue weighted by atomic mass is 10.0. The zero-order chi connectivity index (χ0) is 17.5. The fraction of sp³-hybridized carbons (Fsp3) is 0.364. The number of benzene rings is 2. The van der Waals surface area contributed by atoms with E-state index in [9.17, 15) is 4.79 Å². The van der Waals surface area contributed by atoms with Crippen LogP contribution in [0.3, 0.4) is 0 Å². The zero-order valence-corrected chi connectivity index (χ0v) is 14.7. The van der Waals surface area contributed by atoms with E-state index in [-0.39, 0.29) is 5.78 Å². The van der Waals surface area contributed by atoms with Gasteiger partial charge in [-0.25, -0.2) is 0 Å². The number of nitrogens with zero attached hydrogens (tertiary/aromatic N) is 1. The van der Waals surface area contributed by atoms with Crippen molar-refractivity contribution in [3.63, 3.8) is 0 Å². The van der Waals surface area contributed by atoms with E-state index in [2.05, 4.69) is 39.8 Å². The lowest BCUT2D eigenvalue weighted by molar-refractivity contribution is 0.0989. The van der Waals surface area contributed by atoms with Crippen molar-refractivity contribution in [2.24, 2.45) is 5.92 Å². The molecule has 1 heterocycles. The standard InChI is InChI=1S/C22H23N3O/c26-21(22-17-3-1-2-4-19(17)24-25-22)11-14-7-9-16(10-8-14)18-12-20(18)23-13-15-5-6-15/h1-4,7-10,15,18,20,23H,5-6,11-13H2,(H,24,25). The van der Waals surface area contributed by atoms with Crippen LogP contribution in [0.1, 0.15) is 46.8 Å². The fourth-order valence-corrected chi connectivity index (χ4v) is 3.76. The monoisotopic (exact) mass is 345 g/mol. The Balaban J connectivity index is 1.23. The Labute approximate surface area is 153 Å². The molecule has 1 aromatic heterocycles. The molecule has 0 aliphatic heterocycles. The number of nitrogens with one attached hydrogen (secondary N) is 2. The van der Waals surface area contributed by atoms with Crippen LogP contribution in [0.25, 0.3) is 10.9 Å². The van der Waals surface area contributed by atoms with Crippen molar-refractivity contribution in [2.75, 3.05) is 6.54 Å². The lowest BCUT2D eigenvalue weighted by Gasteiger charge is -2.05. The summed E-state index contributed by atoms with van der Waals surface area (Å²) in [6.07, 6.45) is 4.43. The van der Waals surface area contributed by atoms with Crippen molar-refractivity contribution in [2.45, 2.75) is 37.6 Å². The van der Waals surface area contributed by atoms with Gasteiger partial charge >= 0.3 is 0 Å². The number of rotatable bonds is 7. The first kappa shape index (κ1) is 15.8. The van der Waals surface area contributed by atoms with Gasteiger partial charge < -0.3 is 5.32 Å². The molecule has 5 rings (SSSR count). The molecule has 2 unspecified atom stereocenters. The molecule has 0 spiro atoms. The maximum absolute atomic E-state index is 12.6. The largest absolute Gasteiger partial charge is 0.313 e. The fourth-order valence-electron chi connectivity index (χ4n) is 3.76. The Morgan fingerprint density at radius 2 is 1.92 bits per heavy atom. The summed E-state index contributed by atoms with van der Waals surface area (Å²) in [5, 5.41) is 11.7. The molecule has 0 radical (unpaired) electrons. The number of carbonyl (C=O) groups is 1. The highest BCUT2D eigenvalue weighted by Gasteiger charge is 2.38. The van der Waals surface area contributed by atoms with Gasteiger partial charge in [0.1, 0.15) is 5.69 Å². The Kier molecular flexibility index (Phi) is 3.86. The molecule has 2 aliphatic rings. The van der Waals surface area contributed by atoms with E-state index in [0.29, 0.717) is 24.1 Å². The van der Waals surface area contributed by atoms with E-state index in [1.54, 1.807) is 0 Å². The van der Waals surface area contributed by atoms with Crippen LogP contribution in [0.5, 0.6) is 0 Å². The Bertz CT molecular complexity index is 939. The van der Waals surface area contributed by atoms with E-state index in [0.717, 1.165) is 22.4 Å². The number of aromatic amines is 1. The number of hydrogen-bond acceptors (Lipinski definition) is 3. The molecule has 2 saturated carbocycles. The second-order valence-electron chi connectivity index (χ2n) is 7.76. The van der Waals surface area contributed by atoms with Crippen LogP contribution >= 0.6 is 0 Å². The molecule has 0 amide bonds. The van der Waals surface area contributed by atoms with Gasteiger partial charge in [-0.05, 0) is 48.9 Å². The minimum Gasteiger partial charge on any atom is -0.313 e. The van der Waals surface area contributed by atoms with Crippen LogP contribution < -0.4 is 5.32 Å². The number of aromatic nitrogens is 2. The highest BCUT2D eigenvalue weighted by atomic mass is 16.1. The molecule has 2 aliphatic carbocycles. The van der Waals surface area contributed by atoms with Gasteiger partial charge in [0.25, 0.3) is 0 Å². The van der Waals surface area contributed by atoms with Crippen molar-refractivity contribution < 1.29 is 4.79 Å². The van der Waals surface area contributed by atoms with Crippen LogP contribution in [0.2, 0.25) is 0 Å². The summed E-state index contributed by atoms with van der Waals surface area (Å²) in [6.45, 7) is 1.19. The van der Waals surface area contributed by atoms with Gasteiger partial charge in [0, 0.05) is 23.8 Å². The van der Waals surface area contributed by atoms with Gasteiger partial charge in [-0.3, -0.25) is 9.89 Å². The molecule has 3 aromatic rings. The molecule has 2 aromatic carbocycles. The number of hydrogen-bond donors (Lipinski definition) is 2. The maximum Gasteiger partial charge on any atom is 0.188 e. The highest BCUT2D eigenvalue weighted by molar-refractivity contribution is 6.06. The third kappa shape index (κ3) is 3.17. The molecule has 2 N–H and O–H groups in total. The summed E-state index contributed by atoms with van der Waals surface area (Å²) in [7, 11) is 0. The van der Waals surface area contributed by atoms with Gasteiger partial charge in [-0.2, -0.15) is 5.10 Å². The first-order valence-electron chi connectivity index (χ1n) is 9.56. The Morgan fingerprint density at radius 3 is 2.73 bits per heavy atom. The van der Waals surface area contributed by atoms with Crippen LogP contribution in [0.15, 0.2) is 48.5 Å². The van der Waals surface area contributed by atoms with E-state index in [1.807, 2.05) is 24.3 Å². The van der Waals surface area contributed by atoms with E-state index >= 15 is 0 Å². The summed E-state index contributed by atoms with van der Waals surface area (Å²) in [5.41, 5.74) is 3.88. The van der Waals surface area contributed by atoms with E-state index < -0.39 is 0 Å². The zero-order valence-electron chi connectivity index (χ0n) is 14.7.